The van der Waals surface area contributed by atoms with Gasteiger partial charge in [-0.1, -0.05) is 18.2 Å². The molecule has 0 bridgehead atoms. The molecule has 0 heterocycles. The summed E-state index contributed by atoms with van der Waals surface area (Å²) >= 11 is 0. The SMILES string of the molecule is CN(CCC(F)(F)F)c1ccccc1CO. The maximum absolute atomic E-state index is 12.0. The van der Waals surface area contributed by atoms with Gasteiger partial charge in [0.1, 0.15) is 0 Å². The van der Waals surface area contributed by atoms with Gasteiger partial charge >= 0.3 is 6.18 Å². The van der Waals surface area contributed by atoms with Crippen LogP contribution in [0.15, 0.2) is 24.3 Å². The van der Waals surface area contributed by atoms with Gasteiger partial charge in [0.2, 0.25) is 0 Å². The first-order chi connectivity index (χ1) is 7.44. The highest BCUT2D eigenvalue weighted by atomic mass is 19.4. The summed E-state index contributed by atoms with van der Waals surface area (Å²) in [6, 6.07) is 6.87. The van der Waals surface area contributed by atoms with Crippen molar-refractivity contribution in [1.82, 2.24) is 0 Å². The molecule has 1 aromatic rings. The van der Waals surface area contributed by atoms with Crippen molar-refractivity contribution >= 4 is 5.69 Å². The second kappa shape index (κ2) is 5.21. The maximum atomic E-state index is 12.0. The first-order valence-corrected chi connectivity index (χ1v) is 4.90. The van der Waals surface area contributed by atoms with Crippen LogP contribution in [0.3, 0.4) is 0 Å². The third-order valence-corrected chi connectivity index (χ3v) is 2.30. The molecule has 0 saturated heterocycles. The van der Waals surface area contributed by atoms with Gasteiger partial charge in [-0.2, -0.15) is 13.2 Å². The number of hydrogen-bond acceptors (Lipinski definition) is 2. The molecule has 0 aliphatic carbocycles. The quantitative estimate of drug-likeness (QED) is 0.864. The molecule has 0 amide bonds. The van der Waals surface area contributed by atoms with Crippen molar-refractivity contribution < 1.29 is 18.3 Å². The Morgan fingerprint density at radius 1 is 1.25 bits per heavy atom. The van der Waals surface area contributed by atoms with Gasteiger partial charge < -0.3 is 10.0 Å². The van der Waals surface area contributed by atoms with Gasteiger partial charge in [-0.3, -0.25) is 0 Å². The number of aliphatic hydroxyl groups excluding tert-OH is 1. The highest BCUT2D eigenvalue weighted by Gasteiger charge is 2.27. The number of para-hydroxylation sites is 1. The van der Waals surface area contributed by atoms with Crippen LogP contribution in [0.1, 0.15) is 12.0 Å². The Kier molecular flexibility index (Phi) is 4.18. The Labute approximate surface area is 92.3 Å². The Morgan fingerprint density at radius 2 is 1.88 bits per heavy atom. The van der Waals surface area contributed by atoms with Gasteiger partial charge in [0, 0.05) is 24.8 Å². The van der Waals surface area contributed by atoms with Crippen LogP contribution in [0.25, 0.3) is 0 Å². The summed E-state index contributed by atoms with van der Waals surface area (Å²) in [7, 11) is 1.58. The van der Waals surface area contributed by atoms with Crippen molar-refractivity contribution in [3.8, 4) is 0 Å². The van der Waals surface area contributed by atoms with Crippen LogP contribution in [-0.2, 0) is 6.61 Å². The maximum Gasteiger partial charge on any atom is 0.390 e. The number of aliphatic hydroxyl groups is 1. The fourth-order valence-electron chi connectivity index (χ4n) is 1.43. The Hall–Kier alpha value is -1.23. The van der Waals surface area contributed by atoms with Gasteiger partial charge in [0.05, 0.1) is 13.0 Å². The monoisotopic (exact) mass is 233 g/mol. The number of alkyl halides is 3. The van der Waals surface area contributed by atoms with Crippen LogP contribution in [0.2, 0.25) is 0 Å². The van der Waals surface area contributed by atoms with Crippen molar-refractivity contribution in [2.75, 3.05) is 18.5 Å². The van der Waals surface area contributed by atoms with Crippen LogP contribution >= 0.6 is 0 Å². The van der Waals surface area contributed by atoms with Crippen molar-refractivity contribution in [3.05, 3.63) is 29.8 Å². The lowest BCUT2D eigenvalue weighted by molar-refractivity contribution is -0.132. The van der Waals surface area contributed by atoms with Crippen LogP contribution in [0, 0.1) is 0 Å². The third kappa shape index (κ3) is 3.73. The van der Waals surface area contributed by atoms with Crippen LogP contribution in [0.4, 0.5) is 18.9 Å². The van der Waals surface area contributed by atoms with E-state index in [4.69, 9.17) is 5.11 Å². The molecule has 1 N–H and O–H groups in total. The van der Waals surface area contributed by atoms with Crippen LogP contribution in [0.5, 0.6) is 0 Å². The molecule has 0 saturated carbocycles. The molecule has 90 valence electrons. The van der Waals surface area contributed by atoms with E-state index in [1.165, 1.54) is 4.90 Å². The molecular weight excluding hydrogens is 219 g/mol. The van der Waals surface area contributed by atoms with E-state index >= 15 is 0 Å². The van der Waals surface area contributed by atoms with Crippen molar-refractivity contribution in [3.63, 3.8) is 0 Å². The largest absolute Gasteiger partial charge is 0.392 e. The van der Waals surface area contributed by atoms with Crippen LogP contribution in [-0.4, -0.2) is 24.9 Å². The molecule has 0 fully saturated rings. The molecule has 5 heteroatoms. The summed E-state index contributed by atoms with van der Waals surface area (Å²) in [6.45, 7) is -0.285. The van der Waals surface area contributed by atoms with Gasteiger partial charge in [0.15, 0.2) is 0 Å². The molecular formula is C11H14F3NO. The highest BCUT2D eigenvalue weighted by molar-refractivity contribution is 5.52. The first kappa shape index (κ1) is 12.8. The van der Waals surface area contributed by atoms with E-state index in [1.54, 1.807) is 31.3 Å². The summed E-state index contributed by atoms with van der Waals surface area (Å²) in [5.41, 5.74) is 1.27. The van der Waals surface area contributed by atoms with Crippen molar-refractivity contribution in [2.45, 2.75) is 19.2 Å². The molecule has 1 rings (SSSR count). The predicted molar refractivity (Wildman–Crippen MR) is 56.3 cm³/mol. The van der Waals surface area contributed by atoms with Gasteiger partial charge in [-0.25, -0.2) is 0 Å². The summed E-state index contributed by atoms with van der Waals surface area (Å²) in [6.07, 6.45) is -5.01. The lowest BCUT2D eigenvalue weighted by Crippen LogP contribution is -2.24. The van der Waals surface area contributed by atoms with Crippen molar-refractivity contribution in [2.24, 2.45) is 0 Å². The van der Waals surface area contributed by atoms with E-state index in [9.17, 15) is 13.2 Å². The second-order valence-electron chi connectivity index (χ2n) is 3.57. The number of anilines is 1. The average molecular weight is 233 g/mol. The van der Waals surface area contributed by atoms with E-state index in [-0.39, 0.29) is 13.2 Å². The molecule has 0 radical (unpaired) electrons. The smallest absolute Gasteiger partial charge is 0.390 e. The fourth-order valence-corrected chi connectivity index (χ4v) is 1.43. The number of rotatable bonds is 4. The summed E-state index contributed by atoms with van der Waals surface area (Å²) in [5.74, 6) is 0. The third-order valence-electron chi connectivity index (χ3n) is 2.30. The summed E-state index contributed by atoms with van der Waals surface area (Å²) in [4.78, 5) is 1.50. The minimum absolute atomic E-state index is 0.111. The standard InChI is InChI=1S/C11H14F3NO/c1-15(7-6-11(12,13)14)10-5-3-2-4-9(10)8-16/h2-5,16H,6-8H2,1H3. The molecule has 1 aromatic carbocycles. The summed E-state index contributed by atoms with van der Waals surface area (Å²) < 4.78 is 36.1. The minimum Gasteiger partial charge on any atom is -0.392 e. The second-order valence-corrected chi connectivity index (χ2v) is 3.57. The molecule has 0 aliphatic rings. The average Bonchev–Trinajstić information content (AvgIpc) is 2.25. The van der Waals surface area contributed by atoms with E-state index in [0.29, 0.717) is 11.3 Å². The Bertz CT molecular complexity index is 338. The number of hydrogen-bond donors (Lipinski definition) is 1. The normalized spacial score (nSPS) is 11.6. The topological polar surface area (TPSA) is 23.5 Å². The zero-order valence-corrected chi connectivity index (χ0v) is 8.96. The zero-order chi connectivity index (χ0) is 12.2. The number of halogens is 3. The van der Waals surface area contributed by atoms with E-state index in [2.05, 4.69) is 0 Å². The minimum atomic E-state index is -4.15. The lowest BCUT2D eigenvalue weighted by atomic mass is 10.1. The lowest BCUT2D eigenvalue weighted by Gasteiger charge is -2.22. The highest BCUT2D eigenvalue weighted by Crippen LogP contribution is 2.23. The molecule has 16 heavy (non-hydrogen) atoms. The molecule has 0 aromatic heterocycles. The summed E-state index contributed by atoms with van der Waals surface area (Å²) in [5, 5.41) is 9.05. The van der Waals surface area contributed by atoms with Gasteiger partial charge in [-0.15, -0.1) is 0 Å². The molecule has 0 spiro atoms. The molecule has 0 aliphatic heterocycles. The van der Waals surface area contributed by atoms with Gasteiger partial charge in [-0.05, 0) is 6.07 Å². The molecule has 2 nitrogen and oxygen atoms in total. The Balaban J connectivity index is 2.69. The predicted octanol–water partition coefficient (Wildman–Crippen LogP) is 2.57. The molecule has 0 atom stereocenters. The van der Waals surface area contributed by atoms with E-state index in [0.717, 1.165) is 0 Å². The van der Waals surface area contributed by atoms with Crippen LogP contribution < -0.4 is 4.90 Å². The number of nitrogens with zero attached hydrogens (tertiary/aromatic N) is 1. The van der Waals surface area contributed by atoms with E-state index < -0.39 is 12.6 Å². The van der Waals surface area contributed by atoms with Crippen molar-refractivity contribution in [1.29, 1.82) is 0 Å². The number of benzene rings is 1. The molecule has 0 unspecified atom stereocenters. The fraction of sp³-hybridized carbons (Fsp3) is 0.455. The van der Waals surface area contributed by atoms with Gasteiger partial charge in [0.25, 0.3) is 0 Å². The van der Waals surface area contributed by atoms with E-state index in [1.807, 2.05) is 0 Å². The zero-order valence-electron chi connectivity index (χ0n) is 8.96. The Morgan fingerprint density at radius 3 is 2.44 bits per heavy atom. The first-order valence-electron chi connectivity index (χ1n) is 4.90.